The van der Waals surface area contributed by atoms with Crippen molar-refractivity contribution in [3.63, 3.8) is 0 Å². The maximum Gasteiger partial charge on any atom is 0.0966 e. The summed E-state index contributed by atoms with van der Waals surface area (Å²) in [5, 5.41) is 11.3. The smallest absolute Gasteiger partial charge is 0.0966 e. The van der Waals surface area contributed by atoms with Crippen LogP contribution >= 0.6 is 11.8 Å². The van der Waals surface area contributed by atoms with Gasteiger partial charge < -0.3 is 5.11 Å². The van der Waals surface area contributed by atoms with Gasteiger partial charge in [0, 0.05) is 11.4 Å². The van der Waals surface area contributed by atoms with Crippen LogP contribution in [0, 0.1) is 5.92 Å². The number of rotatable bonds is 3. The standard InChI is InChI=1S/C14H21NOS/c1-10-4-3-5-13(8-10)17-14-9-12(11(2)16)6-7-15-14/h6-7,9-11,13,16H,3-5,8H2,1-2H3. The molecule has 17 heavy (non-hydrogen) atoms. The van der Waals surface area contributed by atoms with E-state index in [-0.39, 0.29) is 0 Å². The van der Waals surface area contributed by atoms with Gasteiger partial charge >= 0.3 is 0 Å². The van der Waals surface area contributed by atoms with E-state index in [2.05, 4.69) is 11.9 Å². The lowest BCUT2D eigenvalue weighted by molar-refractivity contribution is 0.199. The van der Waals surface area contributed by atoms with Crippen molar-refractivity contribution in [1.82, 2.24) is 4.98 Å². The van der Waals surface area contributed by atoms with Gasteiger partial charge in [-0.3, -0.25) is 0 Å². The van der Waals surface area contributed by atoms with Crippen molar-refractivity contribution in [3.8, 4) is 0 Å². The zero-order chi connectivity index (χ0) is 12.3. The quantitative estimate of drug-likeness (QED) is 0.887. The zero-order valence-electron chi connectivity index (χ0n) is 10.6. The Balaban J connectivity index is 2.00. The Labute approximate surface area is 108 Å². The first-order valence-electron chi connectivity index (χ1n) is 6.46. The summed E-state index contributed by atoms with van der Waals surface area (Å²) in [4.78, 5) is 4.39. The molecule has 1 aliphatic rings. The molecule has 1 heterocycles. The summed E-state index contributed by atoms with van der Waals surface area (Å²) < 4.78 is 0. The molecule has 1 aromatic heterocycles. The van der Waals surface area contributed by atoms with Crippen molar-refractivity contribution in [2.45, 2.75) is 55.9 Å². The molecule has 0 aliphatic heterocycles. The molecule has 0 radical (unpaired) electrons. The second-order valence-electron chi connectivity index (χ2n) is 5.12. The van der Waals surface area contributed by atoms with E-state index in [9.17, 15) is 5.11 Å². The van der Waals surface area contributed by atoms with Crippen LogP contribution in [0.5, 0.6) is 0 Å². The van der Waals surface area contributed by atoms with Gasteiger partial charge in [-0.15, -0.1) is 11.8 Å². The normalized spacial score (nSPS) is 26.8. The van der Waals surface area contributed by atoms with Crippen molar-refractivity contribution in [2.24, 2.45) is 5.92 Å². The Hall–Kier alpha value is -0.540. The van der Waals surface area contributed by atoms with Gasteiger partial charge in [0.05, 0.1) is 11.1 Å². The number of aliphatic hydroxyl groups excluding tert-OH is 1. The average Bonchev–Trinajstić information content (AvgIpc) is 2.29. The van der Waals surface area contributed by atoms with E-state index in [1.54, 1.807) is 13.1 Å². The second-order valence-corrected chi connectivity index (χ2v) is 6.44. The number of hydrogen-bond acceptors (Lipinski definition) is 3. The third-order valence-corrected chi connectivity index (χ3v) is 4.64. The molecular formula is C14H21NOS. The van der Waals surface area contributed by atoms with Gasteiger partial charge in [-0.1, -0.05) is 19.8 Å². The molecule has 94 valence electrons. The van der Waals surface area contributed by atoms with Crippen LogP contribution in [0.15, 0.2) is 23.4 Å². The summed E-state index contributed by atoms with van der Waals surface area (Å²) in [6.07, 6.45) is 6.72. The van der Waals surface area contributed by atoms with E-state index in [1.165, 1.54) is 25.7 Å². The van der Waals surface area contributed by atoms with Gasteiger partial charge in [0.15, 0.2) is 0 Å². The van der Waals surface area contributed by atoms with E-state index in [0.29, 0.717) is 5.25 Å². The Bertz CT molecular complexity index is 367. The van der Waals surface area contributed by atoms with E-state index < -0.39 is 6.10 Å². The molecule has 2 nitrogen and oxygen atoms in total. The van der Waals surface area contributed by atoms with Gasteiger partial charge in [-0.05, 0) is 43.4 Å². The number of aliphatic hydroxyl groups is 1. The number of aromatic nitrogens is 1. The maximum atomic E-state index is 9.56. The monoisotopic (exact) mass is 251 g/mol. The van der Waals surface area contributed by atoms with E-state index >= 15 is 0 Å². The van der Waals surface area contributed by atoms with Crippen molar-refractivity contribution >= 4 is 11.8 Å². The van der Waals surface area contributed by atoms with Crippen LogP contribution in [0.3, 0.4) is 0 Å². The van der Waals surface area contributed by atoms with Crippen molar-refractivity contribution in [2.75, 3.05) is 0 Å². The number of thioether (sulfide) groups is 1. The van der Waals surface area contributed by atoms with Gasteiger partial charge in [0.1, 0.15) is 0 Å². The molecule has 0 bridgehead atoms. The second kappa shape index (κ2) is 5.87. The van der Waals surface area contributed by atoms with E-state index in [4.69, 9.17) is 0 Å². The molecule has 1 fully saturated rings. The molecule has 0 spiro atoms. The number of hydrogen-bond donors (Lipinski definition) is 1. The fourth-order valence-corrected chi connectivity index (χ4v) is 3.78. The Morgan fingerprint density at radius 2 is 2.29 bits per heavy atom. The lowest BCUT2D eigenvalue weighted by atomic mass is 9.91. The first-order valence-corrected chi connectivity index (χ1v) is 7.34. The molecule has 1 aliphatic carbocycles. The van der Waals surface area contributed by atoms with Crippen LogP contribution in [-0.2, 0) is 0 Å². The fraction of sp³-hybridized carbons (Fsp3) is 0.643. The Kier molecular flexibility index (Phi) is 4.46. The number of nitrogens with zero attached hydrogens (tertiary/aromatic N) is 1. The highest BCUT2D eigenvalue weighted by atomic mass is 32.2. The topological polar surface area (TPSA) is 33.1 Å². The SMILES string of the molecule is CC1CCCC(Sc2cc(C(C)O)ccn2)C1. The molecule has 3 atom stereocenters. The molecule has 1 aromatic rings. The van der Waals surface area contributed by atoms with Crippen LogP contribution in [0.2, 0.25) is 0 Å². The molecule has 2 rings (SSSR count). The van der Waals surface area contributed by atoms with Crippen molar-refractivity contribution in [3.05, 3.63) is 23.9 Å². The minimum absolute atomic E-state index is 0.400. The Morgan fingerprint density at radius 1 is 1.47 bits per heavy atom. The summed E-state index contributed by atoms with van der Waals surface area (Å²) in [6.45, 7) is 4.14. The van der Waals surface area contributed by atoms with Crippen molar-refractivity contribution < 1.29 is 5.11 Å². The molecule has 0 saturated heterocycles. The third-order valence-electron chi connectivity index (χ3n) is 3.42. The first kappa shape index (κ1) is 12.9. The van der Waals surface area contributed by atoms with Crippen LogP contribution in [0.25, 0.3) is 0 Å². The van der Waals surface area contributed by atoms with Gasteiger partial charge in [0.2, 0.25) is 0 Å². The average molecular weight is 251 g/mol. The summed E-state index contributed by atoms with van der Waals surface area (Å²) in [6, 6.07) is 3.91. The minimum atomic E-state index is -0.400. The lowest BCUT2D eigenvalue weighted by Crippen LogP contribution is -2.15. The Morgan fingerprint density at radius 3 is 3.00 bits per heavy atom. The third kappa shape index (κ3) is 3.71. The first-order chi connectivity index (χ1) is 8.15. The van der Waals surface area contributed by atoms with Gasteiger partial charge in [-0.2, -0.15) is 0 Å². The summed E-state index contributed by atoms with van der Waals surface area (Å²) >= 11 is 1.88. The lowest BCUT2D eigenvalue weighted by Gasteiger charge is -2.25. The van der Waals surface area contributed by atoms with Gasteiger partial charge in [-0.25, -0.2) is 4.98 Å². The molecule has 1 N–H and O–H groups in total. The maximum absolute atomic E-state index is 9.56. The minimum Gasteiger partial charge on any atom is -0.389 e. The van der Waals surface area contributed by atoms with Crippen LogP contribution in [-0.4, -0.2) is 15.3 Å². The summed E-state index contributed by atoms with van der Waals surface area (Å²) in [7, 11) is 0. The predicted octanol–water partition coefficient (Wildman–Crippen LogP) is 3.81. The molecule has 3 heteroatoms. The summed E-state index contributed by atoms with van der Waals surface area (Å²) in [5.74, 6) is 0.848. The largest absolute Gasteiger partial charge is 0.389 e. The van der Waals surface area contributed by atoms with Gasteiger partial charge in [0.25, 0.3) is 0 Å². The van der Waals surface area contributed by atoms with Crippen LogP contribution in [0.4, 0.5) is 0 Å². The van der Waals surface area contributed by atoms with E-state index in [0.717, 1.165) is 16.5 Å². The predicted molar refractivity (Wildman–Crippen MR) is 72.1 cm³/mol. The van der Waals surface area contributed by atoms with Crippen LogP contribution < -0.4 is 0 Å². The zero-order valence-corrected chi connectivity index (χ0v) is 11.4. The summed E-state index contributed by atoms with van der Waals surface area (Å²) in [5.41, 5.74) is 0.964. The van der Waals surface area contributed by atoms with Crippen molar-refractivity contribution in [1.29, 1.82) is 0 Å². The highest BCUT2D eigenvalue weighted by Crippen LogP contribution is 2.35. The molecule has 3 unspecified atom stereocenters. The number of pyridine rings is 1. The molecular weight excluding hydrogens is 230 g/mol. The molecule has 0 amide bonds. The molecule has 0 aromatic carbocycles. The highest BCUT2D eigenvalue weighted by Gasteiger charge is 2.20. The fourth-order valence-electron chi connectivity index (χ4n) is 2.41. The van der Waals surface area contributed by atoms with Crippen LogP contribution in [0.1, 0.15) is 51.2 Å². The van der Waals surface area contributed by atoms with E-state index in [1.807, 2.05) is 23.9 Å². The highest BCUT2D eigenvalue weighted by molar-refractivity contribution is 7.99. The molecule has 1 saturated carbocycles.